The van der Waals surface area contributed by atoms with Crippen molar-refractivity contribution in [2.75, 3.05) is 0 Å². The van der Waals surface area contributed by atoms with Crippen LogP contribution in [-0.4, -0.2) is 5.11 Å². The fraction of sp³-hybridized carbons (Fsp3) is 0.462. The second-order valence-electron chi connectivity index (χ2n) is 3.97. The summed E-state index contributed by atoms with van der Waals surface area (Å²) in [6.07, 6.45) is 0.879. The normalized spacial score (nSPS) is 14.2. The van der Waals surface area contributed by atoms with Crippen molar-refractivity contribution in [3.8, 4) is 6.07 Å². The summed E-state index contributed by atoms with van der Waals surface area (Å²) in [7, 11) is 0. The van der Waals surface area contributed by atoms with Crippen LogP contribution in [0.4, 0.5) is 0 Å². The van der Waals surface area contributed by atoms with E-state index in [1.165, 1.54) is 0 Å². The van der Waals surface area contributed by atoms with Gasteiger partial charge in [0.15, 0.2) is 0 Å². The molecule has 3 heteroatoms. The Morgan fingerprint density at radius 2 is 2.19 bits per heavy atom. The number of aliphatic hydroxyl groups is 1. The lowest BCUT2D eigenvalue weighted by atomic mass is 9.91. The molecule has 0 fully saturated rings. The predicted molar refractivity (Wildman–Crippen MR) is 65.2 cm³/mol. The molecule has 0 aliphatic rings. The molecule has 2 nitrogen and oxygen atoms in total. The number of nitriles is 1. The van der Waals surface area contributed by atoms with Crippen molar-refractivity contribution in [1.82, 2.24) is 0 Å². The molecule has 0 aliphatic heterocycles. The van der Waals surface area contributed by atoms with E-state index in [0.29, 0.717) is 11.4 Å². The lowest BCUT2D eigenvalue weighted by Gasteiger charge is -2.18. The molecule has 0 heterocycles. The minimum absolute atomic E-state index is 0.343. The lowest BCUT2D eigenvalue weighted by Crippen LogP contribution is -2.11. The molecule has 0 bridgehead atoms. The lowest BCUT2D eigenvalue weighted by molar-refractivity contribution is 0.129. The second-order valence-corrected chi connectivity index (χ2v) is 4.41. The average molecular weight is 238 g/mol. The fourth-order valence-corrected chi connectivity index (χ4v) is 2.02. The number of halogens is 1. The van der Waals surface area contributed by atoms with Crippen LogP contribution in [0.3, 0.4) is 0 Å². The first kappa shape index (κ1) is 13.0. The summed E-state index contributed by atoms with van der Waals surface area (Å²) in [6, 6.07) is 7.50. The van der Waals surface area contributed by atoms with Crippen LogP contribution >= 0.6 is 11.6 Å². The molecule has 0 amide bonds. The fourth-order valence-electron chi connectivity index (χ4n) is 1.79. The molecule has 0 aromatic heterocycles. The number of aryl methyl sites for hydroxylation is 1. The smallest absolute Gasteiger partial charge is 0.0950 e. The summed E-state index contributed by atoms with van der Waals surface area (Å²) < 4.78 is 0. The van der Waals surface area contributed by atoms with Gasteiger partial charge < -0.3 is 5.11 Å². The number of nitrogens with zero attached hydrogens (tertiary/aromatic N) is 1. The largest absolute Gasteiger partial charge is 0.387 e. The molecule has 2 unspecified atom stereocenters. The van der Waals surface area contributed by atoms with E-state index in [9.17, 15) is 5.11 Å². The molecule has 86 valence electrons. The highest BCUT2D eigenvalue weighted by Crippen LogP contribution is 2.29. The van der Waals surface area contributed by atoms with E-state index in [0.717, 1.165) is 17.5 Å². The first-order valence-corrected chi connectivity index (χ1v) is 5.81. The SMILES string of the molecule is CCCC(C#N)C(O)c1ccc(Cl)cc1C. The minimum atomic E-state index is -0.720. The number of benzene rings is 1. The Hall–Kier alpha value is -1.04. The van der Waals surface area contributed by atoms with Gasteiger partial charge in [-0.25, -0.2) is 0 Å². The Kier molecular flexibility index (Phi) is 4.79. The van der Waals surface area contributed by atoms with Crippen LogP contribution in [-0.2, 0) is 0 Å². The monoisotopic (exact) mass is 237 g/mol. The van der Waals surface area contributed by atoms with Gasteiger partial charge in [0, 0.05) is 5.02 Å². The zero-order chi connectivity index (χ0) is 12.1. The van der Waals surface area contributed by atoms with E-state index in [1.807, 2.05) is 13.8 Å². The number of aliphatic hydroxyl groups excluding tert-OH is 1. The molecule has 0 aliphatic carbocycles. The molecule has 16 heavy (non-hydrogen) atoms. The van der Waals surface area contributed by atoms with Crippen molar-refractivity contribution in [2.24, 2.45) is 5.92 Å². The summed E-state index contributed by atoms with van der Waals surface area (Å²) in [5, 5.41) is 19.8. The quantitative estimate of drug-likeness (QED) is 0.869. The Labute approximate surface area is 101 Å². The van der Waals surface area contributed by atoms with Crippen LogP contribution in [0.15, 0.2) is 18.2 Å². The second kappa shape index (κ2) is 5.89. The van der Waals surface area contributed by atoms with Crippen molar-refractivity contribution >= 4 is 11.6 Å². The van der Waals surface area contributed by atoms with Gasteiger partial charge >= 0.3 is 0 Å². The average Bonchev–Trinajstić information content (AvgIpc) is 2.25. The van der Waals surface area contributed by atoms with Gasteiger partial charge in [0.05, 0.1) is 18.1 Å². The molecule has 1 aromatic rings. The Morgan fingerprint density at radius 3 is 2.69 bits per heavy atom. The van der Waals surface area contributed by atoms with Gasteiger partial charge in [0.1, 0.15) is 0 Å². The van der Waals surface area contributed by atoms with Gasteiger partial charge in [-0.15, -0.1) is 0 Å². The first-order valence-electron chi connectivity index (χ1n) is 5.43. The standard InChI is InChI=1S/C13H16ClNO/c1-3-4-10(8-15)13(16)12-6-5-11(14)7-9(12)2/h5-7,10,13,16H,3-4H2,1-2H3. The molecule has 0 saturated heterocycles. The van der Waals surface area contributed by atoms with Crippen LogP contribution in [0.1, 0.15) is 37.0 Å². The van der Waals surface area contributed by atoms with E-state index in [2.05, 4.69) is 6.07 Å². The molecular formula is C13H16ClNO. The molecule has 1 rings (SSSR count). The summed E-state index contributed by atoms with van der Waals surface area (Å²) in [5.74, 6) is -0.343. The Morgan fingerprint density at radius 1 is 1.50 bits per heavy atom. The number of rotatable bonds is 4. The number of hydrogen-bond donors (Lipinski definition) is 1. The van der Waals surface area contributed by atoms with Crippen molar-refractivity contribution in [3.05, 3.63) is 34.3 Å². The molecule has 2 atom stereocenters. The van der Waals surface area contributed by atoms with E-state index in [1.54, 1.807) is 18.2 Å². The molecule has 1 aromatic carbocycles. The van der Waals surface area contributed by atoms with Gasteiger partial charge in [-0.1, -0.05) is 31.0 Å². The van der Waals surface area contributed by atoms with E-state index < -0.39 is 6.10 Å². The minimum Gasteiger partial charge on any atom is -0.387 e. The number of hydrogen-bond acceptors (Lipinski definition) is 2. The van der Waals surface area contributed by atoms with Gasteiger partial charge in [-0.05, 0) is 36.6 Å². The molecule has 0 spiro atoms. The van der Waals surface area contributed by atoms with Gasteiger partial charge in [0.2, 0.25) is 0 Å². The van der Waals surface area contributed by atoms with Crippen molar-refractivity contribution < 1.29 is 5.11 Å². The summed E-state index contributed by atoms with van der Waals surface area (Å²) >= 11 is 5.85. The zero-order valence-corrected chi connectivity index (χ0v) is 10.3. The van der Waals surface area contributed by atoms with Crippen LogP contribution in [0.5, 0.6) is 0 Å². The van der Waals surface area contributed by atoms with Crippen LogP contribution in [0, 0.1) is 24.2 Å². The molecule has 1 N–H and O–H groups in total. The molecule has 0 saturated carbocycles. The topological polar surface area (TPSA) is 44.0 Å². The van der Waals surface area contributed by atoms with E-state index in [-0.39, 0.29) is 5.92 Å². The summed E-state index contributed by atoms with van der Waals surface area (Å²) in [6.45, 7) is 3.90. The highest BCUT2D eigenvalue weighted by atomic mass is 35.5. The maximum absolute atomic E-state index is 10.1. The highest BCUT2D eigenvalue weighted by molar-refractivity contribution is 6.30. The van der Waals surface area contributed by atoms with Crippen molar-refractivity contribution in [2.45, 2.75) is 32.8 Å². The maximum Gasteiger partial charge on any atom is 0.0950 e. The van der Waals surface area contributed by atoms with Crippen LogP contribution in [0.25, 0.3) is 0 Å². The predicted octanol–water partition coefficient (Wildman–Crippen LogP) is 3.62. The van der Waals surface area contributed by atoms with Gasteiger partial charge in [-0.2, -0.15) is 5.26 Å². The maximum atomic E-state index is 10.1. The summed E-state index contributed by atoms with van der Waals surface area (Å²) in [4.78, 5) is 0. The van der Waals surface area contributed by atoms with Gasteiger partial charge in [-0.3, -0.25) is 0 Å². The highest BCUT2D eigenvalue weighted by Gasteiger charge is 2.21. The van der Waals surface area contributed by atoms with E-state index in [4.69, 9.17) is 16.9 Å². The van der Waals surface area contributed by atoms with Crippen LogP contribution in [0.2, 0.25) is 5.02 Å². The zero-order valence-electron chi connectivity index (χ0n) is 9.57. The first-order chi connectivity index (χ1) is 7.60. The van der Waals surface area contributed by atoms with Crippen molar-refractivity contribution in [1.29, 1.82) is 5.26 Å². The van der Waals surface area contributed by atoms with Crippen LogP contribution < -0.4 is 0 Å². The Balaban J connectivity index is 2.95. The third kappa shape index (κ3) is 2.98. The Bertz CT molecular complexity index is 397. The third-order valence-corrected chi connectivity index (χ3v) is 2.93. The van der Waals surface area contributed by atoms with Crippen molar-refractivity contribution in [3.63, 3.8) is 0 Å². The van der Waals surface area contributed by atoms with Gasteiger partial charge in [0.25, 0.3) is 0 Å². The van der Waals surface area contributed by atoms with E-state index >= 15 is 0 Å². The molecular weight excluding hydrogens is 222 g/mol. The summed E-state index contributed by atoms with van der Waals surface area (Å²) in [5.41, 5.74) is 1.72. The third-order valence-electron chi connectivity index (χ3n) is 2.70. The molecule has 0 radical (unpaired) electrons.